The van der Waals surface area contributed by atoms with E-state index >= 15 is 0 Å². The molecule has 0 N–H and O–H groups in total. The Labute approximate surface area is 93.7 Å². The van der Waals surface area contributed by atoms with E-state index in [-0.39, 0.29) is 12.0 Å². The van der Waals surface area contributed by atoms with Crippen molar-refractivity contribution in [2.24, 2.45) is 0 Å². The molecule has 1 unspecified atom stereocenters. The zero-order valence-electron chi connectivity index (χ0n) is 10.7. The Morgan fingerprint density at radius 1 is 1.40 bits per heavy atom. The van der Waals surface area contributed by atoms with Gasteiger partial charge in [-0.05, 0) is 26.1 Å². The predicted octanol–water partition coefficient (Wildman–Crippen LogP) is 1.68. The molecule has 1 atom stereocenters. The van der Waals surface area contributed by atoms with Crippen molar-refractivity contribution in [2.75, 3.05) is 20.9 Å². The summed E-state index contributed by atoms with van der Waals surface area (Å²) in [7, 11) is 1.64. The summed E-state index contributed by atoms with van der Waals surface area (Å²) in [6, 6.07) is 0. The molecule has 0 aromatic heterocycles. The second-order valence-corrected chi connectivity index (χ2v) is 9.04. The van der Waals surface area contributed by atoms with E-state index in [1.165, 1.54) is 0 Å². The van der Waals surface area contributed by atoms with Crippen LogP contribution in [0.25, 0.3) is 0 Å². The van der Waals surface area contributed by atoms with Gasteiger partial charge in [0, 0.05) is 14.2 Å². The Balaban J connectivity index is 4.34. The van der Waals surface area contributed by atoms with Crippen LogP contribution in [0.1, 0.15) is 13.3 Å². The van der Waals surface area contributed by atoms with Crippen LogP contribution in [0.15, 0.2) is 0 Å². The van der Waals surface area contributed by atoms with E-state index in [1.807, 2.05) is 6.92 Å². The molecule has 0 spiro atoms. The molecule has 0 aromatic carbocycles. The van der Waals surface area contributed by atoms with Gasteiger partial charge < -0.3 is 14.1 Å². The monoisotopic (exact) mass is 233 g/mol. The van der Waals surface area contributed by atoms with Crippen molar-refractivity contribution < 1.29 is 14.0 Å². The Morgan fingerprint density at radius 2 is 1.93 bits per heavy atom. The number of ether oxygens (including phenoxy) is 1. The van der Waals surface area contributed by atoms with Gasteiger partial charge in [0.1, 0.15) is 12.8 Å². The van der Waals surface area contributed by atoms with Crippen LogP contribution in [0, 0.1) is 0 Å². The van der Waals surface area contributed by atoms with Crippen molar-refractivity contribution >= 4 is 14.2 Å². The fraction of sp³-hybridized carbons (Fsp3) is 0.900. The van der Waals surface area contributed by atoms with Crippen LogP contribution >= 0.6 is 0 Å². The minimum absolute atomic E-state index is 0.00164. The molecule has 0 rings (SSSR count). The summed E-state index contributed by atoms with van der Waals surface area (Å²) in [4.78, 5) is 13.4. The van der Waals surface area contributed by atoms with Crippen LogP contribution in [0.4, 0.5) is 0 Å². The molecule has 0 fully saturated rings. The van der Waals surface area contributed by atoms with Crippen molar-refractivity contribution in [3.05, 3.63) is 0 Å². The van der Waals surface area contributed by atoms with Crippen LogP contribution in [0.3, 0.4) is 0 Å². The van der Waals surface area contributed by atoms with Gasteiger partial charge in [0.15, 0.2) is 8.32 Å². The molecule has 0 aliphatic carbocycles. The van der Waals surface area contributed by atoms with Crippen LogP contribution in [-0.2, 0) is 14.0 Å². The van der Waals surface area contributed by atoms with E-state index in [1.54, 1.807) is 19.1 Å². The average molecular weight is 233 g/mol. The number of hydrogen-bond acceptors (Lipinski definition) is 3. The summed E-state index contributed by atoms with van der Waals surface area (Å²) in [5.41, 5.74) is 0. The highest BCUT2D eigenvalue weighted by Crippen LogP contribution is 2.11. The third-order valence-electron chi connectivity index (χ3n) is 1.84. The highest BCUT2D eigenvalue weighted by atomic mass is 28.4. The third kappa shape index (κ3) is 5.91. The van der Waals surface area contributed by atoms with Crippen LogP contribution in [0.5, 0.6) is 0 Å². The molecule has 0 saturated carbocycles. The van der Waals surface area contributed by atoms with Gasteiger partial charge in [-0.25, -0.2) is 0 Å². The maximum atomic E-state index is 11.9. The van der Waals surface area contributed by atoms with E-state index in [9.17, 15) is 4.79 Å². The number of carbonyl (C=O) groups excluding carboxylic acids is 1. The van der Waals surface area contributed by atoms with Gasteiger partial charge in [-0.3, -0.25) is 4.79 Å². The largest absolute Gasteiger partial charge is 0.406 e. The van der Waals surface area contributed by atoms with Crippen molar-refractivity contribution in [1.29, 1.82) is 0 Å². The number of nitrogens with zero attached hydrogens (tertiary/aromatic N) is 1. The lowest BCUT2D eigenvalue weighted by Gasteiger charge is -2.28. The molecule has 0 heterocycles. The van der Waals surface area contributed by atoms with Gasteiger partial charge in [0.25, 0.3) is 5.91 Å². The smallest absolute Gasteiger partial charge is 0.251 e. The maximum Gasteiger partial charge on any atom is 0.251 e. The topological polar surface area (TPSA) is 38.8 Å². The summed E-state index contributed by atoms with van der Waals surface area (Å²) in [5, 5.41) is 0. The quantitative estimate of drug-likeness (QED) is 0.517. The summed E-state index contributed by atoms with van der Waals surface area (Å²) in [5.74, 6) is 0.00164. The highest BCUT2D eigenvalue weighted by molar-refractivity contribution is 6.69. The van der Waals surface area contributed by atoms with E-state index < -0.39 is 8.32 Å². The fourth-order valence-corrected chi connectivity index (χ4v) is 2.36. The van der Waals surface area contributed by atoms with E-state index in [2.05, 4.69) is 19.6 Å². The second-order valence-electron chi connectivity index (χ2n) is 4.58. The lowest BCUT2D eigenvalue weighted by molar-refractivity contribution is -0.142. The standard InChI is InChI=1S/C10H23NO3Si/c1-7-9(14-15(4,5)6)10(12)11(2)8-13-3/h9H,7-8H2,1-6H3. The third-order valence-corrected chi connectivity index (χ3v) is 2.83. The van der Waals surface area contributed by atoms with Gasteiger partial charge in [0.05, 0.1) is 0 Å². The summed E-state index contributed by atoms with van der Waals surface area (Å²) < 4.78 is 10.7. The van der Waals surface area contributed by atoms with Gasteiger partial charge in [-0.15, -0.1) is 0 Å². The van der Waals surface area contributed by atoms with Crippen LogP contribution in [0.2, 0.25) is 19.6 Å². The Hall–Kier alpha value is -0.393. The lowest BCUT2D eigenvalue weighted by Crippen LogP contribution is -2.43. The average Bonchev–Trinajstić information content (AvgIpc) is 2.12. The molecule has 5 heteroatoms. The normalized spacial score (nSPS) is 13.7. The maximum absolute atomic E-state index is 11.9. The number of carbonyl (C=O) groups is 1. The Bertz CT molecular complexity index is 203. The Kier molecular flexibility index (Phi) is 6.08. The number of methoxy groups -OCH3 is 1. The van der Waals surface area contributed by atoms with Crippen molar-refractivity contribution in [1.82, 2.24) is 4.90 Å². The molecule has 15 heavy (non-hydrogen) atoms. The first kappa shape index (κ1) is 14.6. The highest BCUT2D eigenvalue weighted by Gasteiger charge is 2.27. The summed E-state index contributed by atoms with van der Waals surface area (Å²) in [6.45, 7) is 8.52. The van der Waals surface area contributed by atoms with Gasteiger partial charge in [-0.1, -0.05) is 6.92 Å². The number of amides is 1. The van der Waals surface area contributed by atoms with Crippen molar-refractivity contribution in [3.8, 4) is 0 Å². The molecular formula is C10H23NO3Si. The van der Waals surface area contributed by atoms with Crippen molar-refractivity contribution in [3.63, 3.8) is 0 Å². The van der Waals surface area contributed by atoms with Gasteiger partial charge >= 0.3 is 0 Å². The molecule has 0 saturated heterocycles. The first-order valence-electron chi connectivity index (χ1n) is 5.23. The molecule has 0 aliphatic rings. The minimum atomic E-state index is -1.66. The Morgan fingerprint density at radius 3 is 2.27 bits per heavy atom. The zero-order valence-corrected chi connectivity index (χ0v) is 11.7. The molecule has 0 bridgehead atoms. The number of likely N-dealkylation sites (N-methyl/N-ethyl adjacent to an activating group) is 1. The molecule has 0 radical (unpaired) electrons. The van der Waals surface area contributed by atoms with Gasteiger partial charge in [0.2, 0.25) is 0 Å². The molecule has 0 aromatic rings. The lowest BCUT2D eigenvalue weighted by atomic mass is 10.2. The number of hydrogen-bond donors (Lipinski definition) is 0. The molecule has 90 valence electrons. The first-order chi connectivity index (χ1) is 6.81. The van der Waals surface area contributed by atoms with Crippen LogP contribution in [-0.4, -0.2) is 46.1 Å². The fourth-order valence-electron chi connectivity index (χ4n) is 1.24. The minimum Gasteiger partial charge on any atom is -0.406 e. The predicted molar refractivity (Wildman–Crippen MR) is 63.2 cm³/mol. The van der Waals surface area contributed by atoms with Gasteiger partial charge in [-0.2, -0.15) is 0 Å². The number of rotatable bonds is 6. The molecule has 0 aliphatic heterocycles. The second kappa shape index (κ2) is 6.25. The van der Waals surface area contributed by atoms with E-state index in [0.29, 0.717) is 13.2 Å². The van der Waals surface area contributed by atoms with E-state index in [4.69, 9.17) is 9.16 Å². The first-order valence-corrected chi connectivity index (χ1v) is 8.64. The molecule has 1 amide bonds. The summed E-state index contributed by atoms with van der Waals surface area (Å²) >= 11 is 0. The molecule has 4 nitrogen and oxygen atoms in total. The SMILES string of the molecule is CCC(O[Si](C)(C)C)C(=O)N(C)COC. The molecular weight excluding hydrogens is 210 g/mol. The summed E-state index contributed by atoms with van der Waals surface area (Å²) in [6.07, 6.45) is 0.383. The zero-order chi connectivity index (χ0) is 12.1. The van der Waals surface area contributed by atoms with Crippen LogP contribution < -0.4 is 0 Å². The van der Waals surface area contributed by atoms with E-state index in [0.717, 1.165) is 0 Å². The van der Waals surface area contributed by atoms with Crippen molar-refractivity contribution in [2.45, 2.75) is 39.1 Å².